The normalized spacial score (nSPS) is 13.2. The Bertz CT molecular complexity index is 615. The molecule has 0 unspecified atom stereocenters. The fourth-order valence-corrected chi connectivity index (χ4v) is 2.62. The van der Waals surface area contributed by atoms with Crippen LogP contribution < -0.4 is 0 Å². The Balaban J connectivity index is 2.71. The Hall–Kier alpha value is -1.45. The van der Waals surface area contributed by atoms with Crippen LogP contribution in [0.2, 0.25) is 0 Å². The second-order valence-corrected chi connectivity index (χ2v) is 6.38. The zero-order valence-corrected chi connectivity index (χ0v) is 12.3. The molecule has 2 aromatic rings. The molecule has 0 aliphatic carbocycles. The SMILES string of the molecule is CCn1cc(CC(C)(C)C)c2cccc(C(F)(F)F)c21. The summed E-state index contributed by atoms with van der Waals surface area (Å²) in [5, 5.41) is 0.719. The molecule has 0 aliphatic heterocycles. The molecule has 0 saturated carbocycles. The Morgan fingerprint density at radius 3 is 2.25 bits per heavy atom. The molecule has 4 heteroatoms. The van der Waals surface area contributed by atoms with Gasteiger partial charge in [0.05, 0.1) is 11.1 Å². The minimum absolute atomic E-state index is 0.0428. The van der Waals surface area contributed by atoms with Crippen LogP contribution in [0.25, 0.3) is 10.9 Å². The van der Waals surface area contributed by atoms with Crippen molar-refractivity contribution in [1.29, 1.82) is 0 Å². The third-order valence-electron chi connectivity index (χ3n) is 3.35. The fraction of sp³-hybridized carbons (Fsp3) is 0.500. The van der Waals surface area contributed by atoms with Crippen molar-refractivity contribution in [3.63, 3.8) is 0 Å². The van der Waals surface area contributed by atoms with Gasteiger partial charge in [-0.1, -0.05) is 32.9 Å². The molecule has 0 aliphatic rings. The number of benzene rings is 1. The molecule has 1 nitrogen and oxygen atoms in total. The summed E-state index contributed by atoms with van der Waals surface area (Å²) in [5.74, 6) is 0. The van der Waals surface area contributed by atoms with E-state index in [2.05, 4.69) is 20.8 Å². The standard InChI is InChI=1S/C16H20F3N/c1-5-20-10-11(9-15(2,3)4)12-7-6-8-13(14(12)20)16(17,18)19/h6-8,10H,5,9H2,1-4H3. The lowest BCUT2D eigenvalue weighted by molar-refractivity contribution is -0.136. The highest BCUT2D eigenvalue weighted by molar-refractivity contribution is 5.87. The van der Waals surface area contributed by atoms with Crippen molar-refractivity contribution in [3.05, 3.63) is 35.5 Å². The van der Waals surface area contributed by atoms with Gasteiger partial charge < -0.3 is 4.57 Å². The van der Waals surface area contributed by atoms with E-state index in [4.69, 9.17) is 0 Å². The number of hydrogen-bond donors (Lipinski definition) is 0. The lowest BCUT2D eigenvalue weighted by Crippen LogP contribution is -2.09. The van der Waals surface area contributed by atoms with Gasteiger partial charge in [-0.15, -0.1) is 0 Å². The first kappa shape index (κ1) is 14.9. The predicted octanol–water partition coefficient (Wildman–Crippen LogP) is 5.27. The van der Waals surface area contributed by atoms with E-state index in [0.717, 1.165) is 23.4 Å². The average Bonchev–Trinajstić information content (AvgIpc) is 2.64. The molecule has 0 fully saturated rings. The molecule has 1 aromatic carbocycles. The Morgan fingerprint density at radius 1 is 1.10 bits per heavy atom. The molecule has 0 atom stereocenters. The van der Waals surface area contributed by atoms with E-state index in [1.165, 1.54) is 6.07 Å². The molecule has 0 bridgehead atoms. The molecule has 0 N–H and O–H groups in total. The molecule has 110 valence electrons. The van der Waals surface area contributed by atoms with Gasteiger partial charge in [-0.25, -0.2) is 0 Å². The largest absolute Gasteiger partial charge is 0.418 e. The number of aromatic nitrogens is 1. The summed E-state index contributed by atoms with van der Waals surface area (Å²) in [7, 11) is 0. The van der Waals surface area contributed by atoms with Gasteiger partial charge in [0.2, 0.25) is 0 Å². The maximum Gasteiger partial charge on any atom is 0.418 e. The molecule has 2 rings (SSSR count). The van der Waals surface area contributed by atoms with Gasteiger partial charge in [-0.2, -0.15) is 13.2 Å². The molecule has 0 spiro atoms. The summed E-state index contributed by atoms with van der Waals surface area (Å²) in [5.41, 5.74) is 0.792. The van der Waals surface area contributed by atoms with E-state index in [9.17, 15) is 13.2 Å². The van der Waals surface area contributed by atoms with Gasteiger partial charge in [0, 0.05) is 18.1 Å². The van der Waals surface area contributed by atoms with E-state index in [-0.39, 0.29) is 5.41 Å². The zero-order valence-electron chi connectivity index (χ0n) is 12.3. The number of nitrogens with zero attached hydrogens (tertiary/aromatic N) is 1. The van der Waals surface area contributed by atoms with Crippen LogP contribution in [0.3, 0.4) is 0 Å². The quantitative estimate of drug-likeness (QED) is 0.707. The van der Waals surface area contributed by atoms with E-state index in [1.807, 2.05) is 13.1 Å². The minimum atomic E-state index is -4.32. The van der Waals surface area contributed by atoms with Crippen LogP contribution in [0, 0.1) is 5.41 Å². The molecular formula is C16H20F3N. The van der Waals surface area contributed by atoms with Gasteiger partial charge in [0.15, 0.2) is 0 Å². The van der Waals surface area contributed by atoms with Crippen molar-refractivity contribution < 1.29 is 13.2 Å². The maximum absolute atomic E-state index is 13.2. The summed E-state index contributed by atoms with van der Waals surface area (Å²) >= 11 is 0. The fourth-order valence-electron chi connectivity index (χ4n) is 2.62. The van der Waals surface area contributed by atoms with E-state index in [0.29, 0.717) is 12.1 Å². The van der Waals surface area contributed by atoms with Crippen LogP contribution in [-0.4, -0.2) is 4.57 Å². The van der Waals surface area contributed by atoms with Crippen molar-refractivity contribution in [2.24, 2.45) is 5.41 Å². The number of halogens is 3. The lowest BCUT2D eigenvalue weighted by Gasteiger charge is -2.17. The van der Waals surface area contributed by atoms with Crippen LogP contribution in [0.1, 0.15) is 38.8 Å². The number of hydrogen-bond acceptors (Lipinski definition) is 0. The zero-order chi connectivity index (χ0) is 15.1. The number of para-hydroxylation sites is 1. The second kappa shape index (κ2) is 4.83. The van der Waals surface area contributed by atoms with Crippen LogP contribution in [-0.2, 0) is 19.1 Å². The third kappa shape index (κ3) is 2.84. The van der Waals surface area contributed by atoms with Crippen LogP contribution >= 0.6 is 0 Å². The van der Waals surface area contributed by atoms with Crippen molar-refractivity contribution >= 4 is 10.9 Å². The molecule has 0 amide bonds. The predicted molar refractivity (Wildman–Crippen MR) is 75.8 cm³/mol. The average molecular weight is 283 g/mol. The smallest absolute Gasteiger partial charge is 0.347 e. The monoisotopic (exact) mass is 283 g/mol. The summed E-state index contributed by atoms with van der Waals surface area (Å²) in [6.07, 6.45) is -1.69. The van der Waals surface area contributed by atoms with E-state index < -0.39 is 11.7 Å². The number of alkyl halides is 3. The summed E-state index contributed by atoms with van der Waals surface area (Å²) in [6, 6.07) is 4.45. The Labute approximate surface area is 117 Å². The number of aryl methyl sites for hydroxylation is 1. The number of rotatable bonds is 2. The highest BCUT2D eigenvalue weighted by Gasteiger charge is 2.34. The molecule has 0 saturated heterocycles. The minimum Gasteiger partial charge on any atom is -0.347 e. The number of fused-ring (bicyclic) bond motifs is 1. The van der Waals surface area contributed by atoms with Gasteiger partial charge in [0.1, 0.15) is 0 Å². The van der Waals surface area contributed by atoms with Crippen molar-refractivity contribution in [2.45, 2.75) is 46.8 Å². The Kier molecular flexibility index (Phi) is 3.61. The third-order valence-corrected chi connectivity index (χ3v) is 3.35. The lowest BCUT2D eigenvalue weighted by atomic mass is 9.88. The summed E-state index contributed by atoms with van der Waals surface area (Å²) < 4.78 is 41.2. The van der Waals surface area contributed by atoms with Crippen LogP contribution in [0.15, 0.2) is 24.4 Å². The first-order valence-corrected chi connectivity index (χ1v) is 6.81. The van der Waals surface area contributed by atoms with E-state index in [1.54, 1.807) is 10.6 Å². The topological polar surface area (TPSA) is 4.93 Å². The van der Waals surface area contributed by atoms with Crippen molar-refractivity contribution in [1.82, 2.24) is 4.57 Å². The van der Waals surface area contributed by atoms with Gasteiger partial charge in [-0.05, 0) is 30.4 Å². The summed E-state index contributed by atoms with van der Waals surface area (Å²) in [4.78, 5) is 0. The molecular weight excluding hydrogens is 263 g/mol. The molecule has 0 radical (unpaired) electrons. The molecule has 20 heavy (non-hydrogen) atoms. The summed E-state index contributed by atoms with van der Waals surface area (Å²) in [6.45, 7) is 8.68. The van der Waals surface area contributed by atoms with Gasteiger partial charge in [-0.3, -0.25) is 0 Å². The van der Waals surface area contributed by atoms with Gasteiger partial charge >= 0.3 is 6.18 Å². The van der Waals surface area contributed by atoms with Crippen molar-refractivity contribution in [2.75, 3.05) is 0 Å². The Morgan fingerprint density at radius 2 is 1.75 bits per heavy atom. The van der Waals surface area contributed by atoms with Crippen LogP contribution in [0.5, 0.6) is 0 Å². The molecule has 1 aromatic heterocycles. The highest BCUT2D eigenvalue weighted by atomic mass is 19.4. The highest BCUT2D eigenvalue weighted by Crippen LogP contribution is 2.37. The van der Waals surface area contributed by atoms with Crippen molar-refractivity contribution in [3.8, 4) is 0 Å². The maximum atomic E-state index is 13.2. The second-order valence-electron chi connectivity index (χ2n) is 6.38. The molecule has 1 heterocycles. The first-order valence-electron chi connectivity index (χ1n) is 6.81. The first-order chi connectivity index (χ1) is 9.13. The van der Waals surface area contributed by atoms with E-state index >= 15 is 0 Å². The van der Waals surface area contributed by atoms with Gasteiger partial charge in [0.25, 0.3) is 0 Å². The van der Waals surface area contributed by atoms with Crippen LogP contribution in [0.4, 0.5) is 13.2 Å².